The van der Waals surface area contributed by atoms with E-state index in [1.807, 2.05) is 13.0 Å². The lowest BCUT2D eigenvalue weighted by Crippen LogP contribution is -2.29. The van der Waals surface area contributed by atoms with Crippen LogP contribution in [-0.4, -0.2) is 24.8 Å². The van der Waals surface area contributed by atoms with Gasteiger partial charge in [0.2, 0.25) is 10.0 Å². The second-order valence-corrected chi connectivity index (χ2v) is 7.24. The van der Waals surface area contributed by atoms with Crippen molar-refractivity contribution in [2.24, 2.45) is 0 Å². The van der Waals surface area contributed by atoms with Crippen molar-refractivity contribution in [3.63, 3.8) is 0 Å². The molecule has 2 aromatic rings. The minimum Gasteiger partial charge on any atom is -0.264 e. The molecule has 1 aromatic heterocycles. The molecule has 2 rings (SSSR count). The Morgan fingerprint density at radius 2 is 2.16 bits per heavy atom. The van der Waals surface area contributed by atoms with E-state index in [0.29, 0.717) is 16.8 Å². The molecule has 0 aliphatic rings. The molecule has 102 valence electrons. The monoisotopic (exact) mass is 342 g/mol. The zero-order valence-electron chi connectivity index (χ0n) is 10.5. The molecule has 0 amide bonds. The molecule has 0 aliphatic carbocycles. The van der Waals surface area contributed by atoms with Gasteiger partial charge in [0.15, 0.2) is 0 Å². The molecule has 0 fully saturated rings. The Bertz CT molecular complexity index is 668. The summed E-state index contributed by atoms with van der Waals surface area (Å²) in [5.41, 5.74) is 0. The summed E-state index contributed by atoms with van der Waals surface area (Å²) >= 11 is 3.41. The number of nitrogens with zero attached hydrogens (tertiary/aromatic N) is 1. The number of benzene rings is 1. The van der Waals surface area contributed by atoms with Gasteiger partial charge in [-0.15, -0.1) is 0 Å². The zero-order valence-corrected chi connectivity index (χ0v) is 12.9. The van der Waals surface area contributed by atoms with Crippen LogP contribution in [0.15, 0.2) is 41.6 Å². The molecule has 19 heavy (non-hydrogen) atoms. The number of rotatable bonds is 5. The molecule has 0 saturated carbocycles. The molecule has 1 aromatic carbocycles. The summed E-state index contributed by atoms with van der Waals surface area (Å²) < 4.78 is 27.3. The van der Waals surface area contributed by atoms with Crippen molar-refractivity contribution in [3.05, 3.63) is 36.7 Å². The third-order valence-electron chi connectivity index (χ3n) is 2.87. The van der Waals surface area contributed by atoms with Crippen molar-refractivity contribution in [1.82, 2.24) is 9.71 Å². The van der Waals surface area contributed by atoms with Gasteiger partial charge in [-0.2, -0.15) is 0 Å². The van der Waals surface area contributed by atoms with Gasteiger partial charge in [-0.1, -0.05) is 35.0 Å². The molecular weight excluding hydrogens is 328 g/mol. The second-order valence-electron chi connectivity index (χ2n) is 4.21. The van der Waals surface area contributed by atoms with E-state index in [2.05, 4.69) is 25.6 Å². The lowest BCUT2D eigenvalue weighted by molar-refractivity contribution is 0.581. The Hall–Kier alpha value is -0.980. The Morgan fingerprint density at radius 3 is 2.89 bits per heavy atom. The van der Waals surface area contributed by atoms with E-state index in [-0.39, 0.29) is 4.83 Å². The zero-order chi connectivity index (χ0) is 13.9. The fourth-order valence-corrected chi connectivity index (χ4v) is 3.43. The van der Waals surface area contributed by atoms with Gasteiger partial charge < -0.3 is 0 Å². The van der Waals surface area contributed by atoms with E-state index in [0.717, 1.165) is 11.8 Å². The highest BCUT2D eigenvalue weighted by Crippen LogP contribution is 2.21. The summed E-state index contributed by atoms with van der Waals surface area (Å²) in [5, 5.41) is 1.50. The minimum absolute atomic E-state index is 0.138. The average Bonchev–Trinajstić information content (AvgIpc) is 2.44. The Labute approximate surface area is 121 Å². The van der Waals surface area contributed by atoms with Gasteiger partial charge in [0.05, 0.1) is 4.90 Å². The second kappa shape index (κ2) is 5.98. The standard InChI is InChI=1S/C13H15BrN2O2S/c1-2-11(14)9-16-19(17,18)13-5-3-4-10-8-15-7-6-12(10)13/h3-8,11,16H,2,9H2,1H3. The smallest absolute Gasteiger partial charge is 0.241 e. The van der Waals surface area contributed by atoms with E-state index in [4.69, 9.17) is 0 Å². The third-order valence-corrected chi connectivity index (χ3v) is 5.32. The number of aromatic nitrogens is 1. The van der Waals surface area contributed by atoms with Crippen LogP contribution in [0.25, 0.3) is 10.8 Å². The van der Waals surface area contributed by atoms with E-state index in [1.54, 1.807) is 30.6 Å². The van der Waals surface area contributed by atoms with Gasteiger partial charge in [0, 0.05) is 34.5 Å². The lowest BCUT2D eigenvalue weighted by Gasteiger charge is -2.11. The van der Waals surface area contributed by atoms with Gasteiger partial charge in [0.1, 0.15) is 0 Å². The number of hydrogen-bond donors (Lipinski definition) is 1. The molecule has 0 radical (unpaired) electrons. The summed E-state index contributed by atoms with van der Waals surface area (Å²) in [6, 6.07) is 6.90. The fourth-order valence-electron chi connectivity index (χ4n) is 1.75. The van der Waals surface area contributed by atoms with Crippen LogP contribution in [0.1, 0.15) is 13.3 Å². The number of hydrogen-bond acceptors (Lipinski definition) is 3. The summed E-state index contributed by atoms with van der Waals surface area (Å²) in [6.07, 6.45) is 4.12. The van der Waals surface area contributed by atoms with E-state index in [1.165, 1.54) is 0 Å². The minimum atomic E-state index is -3.50. The first-order valence-electron chi connectivity index (χ1n) is 6.01. The molecular formula is C13H15BrN2O2S. The normalized spacial score (nSPS) is 13.6. The maximum Gasteiger partial charge on any atom is 0.241 e. The summed E-state index contributed by atoms with van der Waals surface area (Å²) in [4.78, 5) is 4.43. The molecule has 0 saturated heterocycles. The summed E-state index contributed by atoms with van der Waals surface area (Å²) in [6.45, 7) is 2.37. The fraction of sp³-hybridized carbons (Fsp3) is 0.308. The van der Waals surface area contributed by atoms with Gasteiger partial charge >= 0.3 is 0 Å². The molecule has 0 aliphatic heterocycles. The molecule has 1 N–H and O–H groups in total. The van der Waals surface area contributed by atoms with Crippen LogP contribution in [0.2, 0.25) is 0 Å². The maximum absolute atomic E-state index is 12.3. The van der Waals surface area contributed by atoms with Crippen molar-refractivity contribution in [3.8, 4) is 0 Å². The molecule has 1 unspecified atom stereocenters. The molecule has 4 nitrogen and oxygen atoms in total. The first-order valence-corrected chi connectivity index (χ1v) is 8.41. The van der Waals surface area contributed by atoms with E-state index in [9.17, 15) is 8.42 Å². The van der Waals surface area contributed by atoms with Crippen molar-refractivity contribution in [1.29, 1.82) is 0 Å². The largest absolute Gasteiger partial charge is 0.264 e. The predicted molar refractivity (Wildman–Crippen MR) is 79.9 cm³/mol. The summed E-state index contributed by atoms with van der Waals surface area (Å²) in [7, 11) is -3.50. The Balaban J connectivity index is 2.38. The Morgan fingerprint density at radius 1 is 1.37 bits per heavy atom. The molecule has 0 spiro atoms. The number of pyridine rings is 1. The van der Waals surface area contributed by atoms with Gasteiger partial charge in [-0.25, -0.2) is 13.1 Å². The molecule has 1 heterocycles. The van der Waals surface area contributed by atoms with Crippen molar-refractivity contribution >= 4 is 36.7 Å². The van der Waals surface area contributed by atoms with Crippen LogP contribution < -0.4 is 4.72 Å². The number of fused-ring (bicyclic) bond motifs is 1. The number of alkyl halides is 1. The van der Waals surface area contributed by atoms with Crippen LogP contribution in [0.4, 0.5) is 0 Å². The average molecular weight is 343 g/mol. The first-order chi connectivity index (χ1) is 9.04. The quantitative estimate of drug-likeness (QED) is 0.850. The molecule has 6 heteroatoms. The van der Waals surface area contributed by atoms with Gasteiger partial charge in [-0.05, 0) is 18.6 Å². The van der Waals surface area contributed by atoms with Crippen LogP contribution in [-0.2, 0) is 10.0 Å². The number of nitrogens with one attached hydrogen (secondary N) is 1. The highest BCUT2D eigenvalue weighted by atomic mass is 79.9. The van der Waals surface area contributed by atoms with Crippen LogP contribution in [0.5, 0.6) is 0 Å². The lowest BCUT2D eigenvalue weighted by atomic mass is 10.2. The van der Waals surface area contributed by atoms with Crippen LogP contribution in [0, 0.1) is 0 Å². The molecule has 1 atom stereocenters. The SMILES string of the molecule is CCC(Br)CNS(=O)(=O)c1cccc2cnccc12. The highest BCUT2D eigenvalue weighted by Gasteiger charge is 2.17. The highest BCUT2D eigenvalue weighted by molar-refractivity contribution is 9.09. The molecule has 0 bridgehead atoms. The summed E-state index contributed by atoms with van der Waals surface area (Å²) in [5.74, 6) is 0. The van der Waals surface area contributed by atoms with E-state index < -0.39 is 10.0 Å². The van der Waals surface area contributed by atoms with E-state index >= 15 is 0 Å². The first kappa shape index (κ1) is 14.4. The predicted octanol–water partition coefficient (Wildman–Crippen LogP) is 2.69. The van der Waals surface area contributed by atoms with Crippen molar-refractivity contribution in [2.45, 2.75) is 23.1 Å². The maximum atomic E-state index is 12.3. The van der Waals surface area contributed by atoms with Crippen molar-refractivity contribution < 1.29 is 8.42 Å². The topological polar surface area (TPSA) is 59.1 Å². The van der Waals surface area contributed by atoms with Gasteiger partial charge in [0.25, 0.3) is 0 Å². The van der Waals surface area contributed by atoms with Crippen LogP contribution >= 0.6 is 15.9 Å². The van der Waals surface area contributed by atoms with Gasteiger partial charge in [-0.3, -0.25) is 4.98 Å². The van der Waals surface area contributed by atoms with Crippen molar-refractivity contribution in [2.75, 3.05) is 6.54 Å². The van der Waals surface area contributed by atoms with Crippen LogP contribution in [0.3, 0.4) is 0 Å². The Kier molecular flexibility index (Phi) is 4.54. The number of halogens is 1. The third kappa shape index (κ3) is 3.32. The number of sulfonamides is 1.